The summed E-state index contributed by atoms with van der Waals surface area (Å²) in [4.78, 5) is 140. The van der Waals surface area contributed by atoms with Crippen LogP contribution in [0.15, 0.2) is 308 Å². The molecule has 18 rings (SSSR count). The molecule has 7 atom stereocenters. The van der Waals surface area contributed by atoms with E-state index in [0.29, 0.717) is 90.3 Å². The van der Waals surface area contributed by atoms with Crippen LogP contribution in [-0.2, 0) is 30.5 Å². The first-order valence-corrected chi connectivity index (χ1v) is 44.7. The molecule has 20 nitrogen and oxygen atoms in total. The topological polar surface area (TPSA) is 313 Å². The Morgan fingerprint density at radius 1 is 0.489 bits per heavy atom. The van der Waals surface area contributed by atoms with Crippen LogP contribution in [0.3, 0.4) is 0 Å². The smallest absolute Gasteiger partial charge is 0.481 e. The van der Waals surface area contributed by atoms with Crippen LogP contribution in [0, 0.1) is 16.2 Å². The number of nitro benzene ring substituents is 1. The number of nitrogens with zero attached hydrogens (tertiary/aromatic N) is 3. The first kappa shape index (κ1) is 106. The fourth-order valence-corrected chi connectivity index (χ4v) is 16.3. The Bertz CT molecular complexity index is 5950. The zero-order valence-corrected chi connectivity index (χ0v) is 78.3. The van der Waals surface area contributed by atoms with Gasteiger partial charge in [-0.3, -0.25) is 48.5 Å². The van der Waals surface area contributed by atoms with E-state index in [1.807, 2.05) is 234 Å². The fraction of sp³-hybridized carbons (Fsp3) is 0.243. The Kier molecular flexibility index (Phi) is 43.5. The van der Waals surface area contributed by atoms with E-state index in [4.69, 9.17) is 30.0 Å². The molecule has 0 bridgehead atoms. The molecule has 0 radical (unpaired) electrons. The van der Waals surface area contributed by atoms with Crippen LogP contribution in [0.25, 0.3) is 6.08 Å². The number of Topliss-reactive ketones (excluding diaryl/α,β-unsaturated/α-hetero) is 5. The minimum Gasteiger partial charge on any atom is -0.481 e. The van der Waals surface area contributed by atoms with Crippen LogP contribution in [0.1, 0.15) is 278 Å². The number of ketones is 5. The van der Waals surface area contributed by atoms with Gasteiger partial charge in [0, 0.05) is 130 Å². The number of carboxylic acids is 1. The van der Waals surface area contributed by atoms with E-state index < -0.39 is 10.9 Å². The van der Waals surface area contributed by atoms with E-state index in [0.717, 1.165) is 86.2 Å². The molecule has 12 aromatic carbocycles. The predicted molar refractivity (Wildman–Crippen MR) is 521 cm³/mol. The predicted octanol–water partition coefficient (Wildman–Crippen LogP) is 22.0. The number of rotatable bonds is 15. The Labute approximate surface area is 799 Å². The van der Waals surface area contributed by atoms with Crippen molar-refractivity contribution in [2.24, 2.45) is 0 Å². The molecule has 2 amide bonds. The number of amides is 2. The van der Waals surface area contributed by atoms with E-state index in [1.54, 1.807) is 35.2 Å². The molecule has 12 aromatic rings. The van der Waals surface area contributed by atoms with Gasteiger partial charge >= 0.3 is 37.1 Å². The average Bonchev–Trinajstić information content (AvgIpc) is 1.68. The largest absolute Gasteiger partial charge is 1.00 e. The first-order chi connectivity index (χ1) is 63.5. The van der Waals surface area contributed by atoms with Crippen molar-refractivity contribution in [2.45, 2.75) is 162 Å². The molecule has 0 saturated heterocycles. The van der Waals surface area contributed by atoms with Crippen molar-refractivity contribution >= 4 is 109 Å². The summed E-state index contributed by atoms with van der Waals surface area (Å²) < 4.78 is 1.13. The summed E-state index contributed by atoms with van der Waals surface area (Å²) in [5.41, 5.74) is 24.9. The second kappa shape index (κ2) is 54.6. The molecule has 0 aromatic heterocycles. The minimum absolute atomic E-state index is 0. The third-order valence-corrected chi connectivity index (χ3v) is 23.2. The maximum absolute atomic E-state index is 12.8. The van der Waals surface area contributed by atoms with E-state index in [-0.39, 0.29) is 102 Å². The van der Waals surface area contributed by atoms with Crippen molar-refractivity contribution in [3.8, 4) is 0 Å². The number of nitrogen functional groups attached to an aromatic ring is 1. The van der Waals surface area contributed by atoms with Gasteiger partial charge in [0.25, 0.3) is 17.5 Å². The number of aliphatic carboxylic acids is 1. The summed E-state index contributed by atoms with van der Waals surface area (Å²) in [6.07, 6.45) is 10.2. The second-order valence-electron chi connectivity index (χ2n) is 32.6. The summed E-state index contributed by atoms with van der Waals surface area (Å²) in [6.45, 7) is 21.4. The molecule has 6 aliphatic rings. The van der Waals surface area contributed by atoms with Crippen LogP contribution < -0.4 is 39.7 Å². The maximum Gasteiger partial charge on any atom is 1.00 e. The molecule has 133 heavy (non-hydrogen) atoms. The molecular weight excluding hydrogens is 1730 g/mol. The summed E-state index contributed by atoms with van der Waals surface area (Å²) >= 11 is 3.31. The number of nitro groups is 1. The summed E-state index contributed by atoms with van der Waals surface area (Å²) in [5.74, 6) is 2.14. The van der Waals surface area contributed by atoms with Crippen LogP contribution in [0.4, 0.5) is 28.4 Å². The number of hydrogen-bond donors (Lipinski definition) is 3. The van der Waals surface area contributed by atoms with Crippen LogP contribution in [0.5, 0.6) is 0 Å². The van der Waals surface area contributed by atoms with Gasteiger partial charge in [0.1, 0.15) is 0 Å². The summed E-state index contributed by atoms with van der Waals surface area (Å²) in [6, 6.07) is 97.5. The molecule has 0 fully saturated rings. The quantitative estimate of drug-likeness (QED) is 0.0282. The third kappa shape index (κ3) is 31.9. The number of benzene rings is 12. The molecule has 0 heterocycles. The number of allylic oxidation sites excluding steroid dienone is 1. The van der Waals surface area contributed by atoms with Gasteiger partial charge in [0.05, 0.1) is 11.3 Å². The number of halogens is 1. The molecule has 4 N–H and O–H groups in total. The number of carboxylic acid groups (broad SMARTS) is 1. The normalized spacial score (nSPS) is 15.7. The molecule has 0 saturated carbocycles. The van der Waals surface area contributed by atoms with E-state index in [2.05, 4.69) is 128 Å². The van der Waals surface area contributed by atoms with Gasteiger partial charge in [-0.05, 0) is 189 Å². The van der Waals surface area contributed by atoms with Crippen LogP contribution in [-0.4, -0.2) is 82.1 Å². The van der Waals surface area contributed by atoms with Gasteiger partial charge in [-0.2, -0.15) is 55.6 Å². The number of carbonyl (C=O) groups excluding carboxylic acids is 11. The van der Waals surface area contributed by atoms with Crippen molar-refractivity contribution in [1.29, 1.82) is 0 Å². The monoisotopic (exact) mass is 1840 g/mol. The number of anilines is 4. The number of nitrogens with two attached hydrogens (primary N) is 1. The standard InChI is InChI=1S/C20H21NO2.C20H23N.C17H15NO2.C10H9NO3.C10H11NO.C10H12O2.C10H10O.C6H5Br.C6H5.2CO2.Li/c1-3-11-21(20(23)15-7-5-4-6-8-15)16-9-10-17-14(2)12-19(22)18(17)13-16;1-3-13-21(15-17-7-5-4-6-8-17)19-11-12-20-16(2)9-10-18(20)14-19;1-11-9-16(19)15-10-13(7-8-14(11)15)18-17(20)12-5-3-2-4-6-12;1-6-4-10(12)9-5-7(11(13)14)2-3-8(6)9;1-6-4-10(12)9-5-7(11)2-3-8(6)9;1-8(7-10(11)12)9-5-3-2-4-6-9;1-7-6-10(11)9-5-3-2-4-8(7)9;7-6-4-2-1-3-5-6;1-2-4-6-5-3-1;2*2-1-3;/h4-10,13-14H,3,11-12H2,1-2H3;4-12,14,16H,3,13,15H2,1-2H3;2-8,10-11H,9H2,1H3,(H,18,20);2-3,5-6H,4H2,1H3;2-3,5-6H,4,11H2,1H3;2-6,8H,7H2,1H3,(H,11,12);2-5,7H,6H2,1H3;1-5H;1-5H;;;/q;;;;;;;;-1;;;+1. The third-order valence-electron chi connectivity index (χ3n) is 22.7. The van der Waals surface area contributed by atoms with Crippen molar-refractivity contribution in [3.05, 3.63) is 413 Å². The van der Waals surface area contributed by atoms with Gasteiger partial charge in [-0.1, -0.05) is 260 Å². The maximum atomic E-state index is 12.8. The van der Waals surface area contributed by atoms with Gasteiger partial charge in [0.15, 0.2) is 28.9 Å². The Balaban J connectivity index is 0.000000207. The van der Waals surface area contributed by atoms with E-state index in [9.17, 15) is 48.5 Å². The Morgan fingerprint density at radius 2 is 0.902 bits per heavy atom. The van der Waals surface area contributed by atoms with Gasteiger partial charge in [0.2, 0.25) is 0 Å². The molecule has 6 aliphatic carbocycles. The SMILES string of the molecule is Brc1ccccc1.CC(CC(=O)O)c1ccccc1.CC1CC(=O)c2cc(N)ccc21.CC1CC(=O)c2cc(NC(=O)c3ccccc3)ccc21.CC1CC(=O)c2cc([N+](=O)[O-])ccc21.CC1CC(=O)c2ccccc21.CCCN(C(=O)c1ccccc1)c1ccc2c(c1)C(=O)CC2C.CCCN(Cc1ccccc1)c1ccc2c(c1)C=CC2C.O=C=O.O=C=O.[Li+].[c-]1ccccc1. The van der Waals surface area contributed by atoms with Crippen molar-refractivity contribution in [3.63, 3.8) is 0 Å². The number of fused-ring (bicyclic) bond motifs is 6. The number of nitrogens with one attached hydrogen (secondary N) is 1. The number of carbonyl (C=O) groups is 8. The van der Waals surface area contributed by atoms with Crippen molar-refractivity contribution < 1.29 is 86.4 Å². The molecule has 22 heteroatoms. The summed E-state index contributed by atoms with van der Waals surface area (Å²) in [5, 5.41) is 21.9. The van der Waals surface area contributed by atoms with Crippen LogP contribution >= 0.6 is 15.9 Å². The fourth-order valence-electron chi connectivity index (χ4n) is 16.0. The van der Waals surface area contributed by atoms with Crippen molar-refractivity contribution in [1.82, 2.24) is 0 Å². The molecule has 678 valence electrons. The Hall–Kier alpha value is -14.0. The minimum atomic E-state index is -0.744. The van der Waals surface area contributed by atoms with E-state index in [1.165, 1.54) is 40.1 Å². The van der Waals surface area contributed by atoms with E-state index >= 15 is 0 Å². The summed E-state index contributed by atoms with van der Waals surface area (Å²) in [7, 11) is 0. The van der Waals surface area contributed by atoms with Crippen LogP contribution in [0.2, 0.25) is 0 Å². The number of hydrogen-bond acceptors (Lipinski definition) is 16. The average molecular weight is 1840 g/mol. The molecule has 0 spiro atoms. The second-order valence-corrected chi connectivity index (χ2v) is 33.6. The zero-order chi connectivity index (χ0) is 95.8. The Morgan fingerprint density at radius 3 is 1.38 bits per heavy atom. The van der Waals surface area contributed by atoms with Gasteiger partial charge in [-0.25, -0.2) is 0 Å². The van der Waals surface area contributed by atoms with Crippen molar-refractivity contribution in [2.75, 3.05) is 33.9 Å². The molecule has 0 aliphatic heterocycles. The number of non-ortho nitro benzene ring substituents is 1. The molecule has 7 unspecified atom stereocenters. The first-order valence-electron chi connectivity index (χ1n) is 43.9. The van der Waals surface area contributed by atoms with Gasteiger partial charge < -0.3 is 26.0 Å². The molecular formula is C111H111BrLiN5O15. The zero-order valence-electron chi connectivity index (χ0n) is 76.7. The van der Waals surface area contributed by atoms with Gasteiger partial charge in [-0.15, -0.1) is 0 Å².